The fourth-order valence-electron chi connectivity index (χ4n) is 4.87. The molecule has 1 saturated heterocycles. The Balaban J connectivity index is 1.42. The molecule has 0 spiro atoms. The predicted molar refractivity (Wildman–Crippen MR) is 137 cm³/mol. The van der Waals surface area contributed by atoms with Gasteiger partial charge in [-0.15, -0.1) is 0 Å². The molecular formula is C28H25N5O3. The fraction of sp³-hybridized carbons (Fsp3) is 0.250. The summed E-state index contributed by atoms with van der Waals surface area (Å²) in [7, 11) is 0. The number of fused-ring (bicyclic) bond motifs is 3. The number of hydrogen-bond acceptors (Lipinski definition) is 7. The van der Waals surface area contributed by atoms with Crippen molar-refractivity contribution in [2.45, 2.75) is 31.9 Å². The van der Waals surface area contributed by atoms with Crippen LogP contribution >= 0.6 is 0 Å². The van der Waals surface area contributed by atoms with Crippen LogP contribution in [0.3, 0.4) is 0 Å². The number of aryl methyl sites for hydroxylation is 1. The number of aliphatic hydroxyl groups is 1. The Morgan fingerprint density at radius 2 is 1.94 bits per heavy atom. The lowest BCUT2D eigenvalue weighted by Gasteiger charge is -2.29. The molecule has 0 aliphatic carbocycles. The van der Waals surface area contributed by atoms with Crippen molar-refractivity contribution < 1.29 is 9.84 Å². The van der Waals surface area contributed by atoms with Gasteiger partial charge in [0.25, 0.3) is 5.56 Å². The summed E-state index contributed by atoms with van der Waals surface area (Å²) in [5.41, 5.74) is 5.98. The molecule has 8 heteroatoms. The molecule has 0 radical (unpaired) electrons. The molecule has 36 heavy (non-hydrogen) atoms. The van der Waals surface area contributed by atoms with Crippen molar-refractivity contribution >= 4 is 21.8 Å². The highest BCUT2D eigenvalue weighted by atomic mass is 16.5. The normalized spacial score (nSPS) is 18.1. The minimum atomic E-state index is -0.745. The third-order valence-electron chi connectivity index (χ3n) is 6.79. The number of benzene rings is 1. The van der Waals surface area contributed by atoms with Gasteiger partial charge in [-0.3, -0.25) is 24.3 Å². The second kappa shape index (κ2) is 9.22. The van der Waals surface area contributed by atoms with Gasteiger partial charge in [-0.25, -0.2) is 4.98 Å². The summed E-state index contributed by atoms with van der Waals surface area (Å²) in [6, 6.07) is 13.3. The molecule has 1 aliphatic heterocycles. The second-order valence-electron chi connectivity index (χ2n) is 9.20. The van der Waals surface area contributed by atoms with Gasteiger partial charge in [0.1, 0.15) is 0 Å². The van der Waals surface area contributed by atoms with E-state index in [1.807, 2.05) is 61.8 Å². The van der Waals surface area contributed by atoms with Crippen LogP contribution in [-0.4, -0.2) is 48.9 Å². The van der Waals surface area contributed by atoms with E-state index < -0.39 is 6.10 Å². The molecule has 6 rings (SSSR count). The molecule has 0 saturated carbocycles. The lowest BCUT2D eigenvalue weighted by molar-refractivity contribution is -0.0395. The Morgan fingerprint density at radius 3 is 2.72 bits per heavy atom. The maximum absolute atomic E-state index is 13.6. The fourth-order valence-corrected chi connectivity index (χ4v) is 4.87. The summed E-state index contributed by atoms with van der Waals surface area (Å²) in [6.45, 7) is 2.67. The number of aromatic nitrogens is 5. The van der Waals surface area contributed by atoms with Crippen LogP contribution in [0.5, 0.6) is 0 Å². The summed E-state index contributed by atoms with van der Waals surface area (Å²) < 4.78 is 6.89. The van der Waals surface area contributed by atoms with Crippen LogP contribution in [0.4, 0.5) is 0 Å². The van der Waals surface area contributed by atoms with Crippen molar-refractivity contribution in [2.75, 3.05) is 13.2 Å². The molecule has 5 heterocycles. The maximum atomic E-state index is 13.6. The number of aliphatic hydroxyl groups excluding tert-OH is 1. The van der Waals surface area contributed by atoms with E-state index in [1.165, 1.54) is 0 Å². The Bertz CT molecular complexity index is 1610. The van der Waals surface area contributed by atoms with Crippen molar-refractivity contribution in [1.29, 1.82) is 0 Å². The predicted octanol–water partition coefficient (Wildman–Crippen LogP) is 3.62. The number of ether oxygens (including phenoxy) is 1. The van der Waals surface area contributed by atoms with Crippen molar-refractivity contribution in [2.24, 2.45) is 0 Å². The first-order chi connectivity index (χ1) is 17.6. The Kier molecular flexibility index (Phi) is 5.75. The zero-order chi connectivity index (χ0) is 24.6. The highest BCUT2D eigenvalue weighted by Gasteiger charge is 2.27. The highest BCUT2D eigenvalue weighted by molar-refractivity contribution is 6.04. The number of pyridine rings is 3. The number of rotatable bonds is 4. The highest BCUT2D eigenvalue weighted by Crippen LogP contribution is 2.28. The lowest BCUT2D eigenvalue weighted by Crippen LogP contribution is -2.39. The summed E-state index contributed by atoms with van der Waals surface area (Å²) in [6.07, 6.45) is 7.36. The molecule has 0 bridgehead atoms. The standard InChI is InChI=1S/C28H25N5O3/c1-17-4-6-19(14-30-17)23-7-5-18(13-31-23)11-20-12-22-27(21-3-2-9-29-26(20)21)32-16-33(28(22)35)24-8-10-36-15-25(24)34/h2-7,9,12-14,16,24-25,34H,8,10-11,15H2,1H3/t24-,25-/m0/s1. The van der Waals surface area contributed by atoms with E-state index in [2.05, 4.69) is 19.9 Å². The number of hydrogen-bond donors (Lipinski definition) is 1. The van der Waals surface area contributed by atoms with Gasteiger partial charge in [0, 0.05) is 48.3 Å². The first-order valence-electron chi connectivity index (χ1n) is 12.0. The zero-order valence-electron chi connectivity index (χ0n) is 19.8. The Hall–Kier alpha value is -4.01. The third kappa shape index (κ3) is 4.04. The topological polar surface area (TPSA) is 103 Å². The van der Waals surface area contributed by atoms with Crippen LogP contribution in [-0.2, 0) is 11.2 Å². The molecule has 2 atom stereocenters. The van der Waals surface area contributed by atoms with Gasteiger partial charge in [-0.1, -0.05) is 6.07 Å². The van der Waals surface area contributed by atoms with Gasteiger partial charge in [0.2, 0.25) is 0 Å². The molecule has 4 aromatic heterocycles. The summed E-state index contributed by atoms with van der Waals surface area (Å²) in [4.78, 5) is 31.8. The monoisotopic (exact) mass is 479 g/mol. The van der Waals surface area contributed by atoms with Crippen LogP contribution in [0, 0.1) is 6.92 Å². The van der Waals surface area contributed by atoms with Gasteiger partial charge >= 0.3 is 0 Å². The van der Waals surface area contributed by atoms with Crippen molar-refractivity contribution in [3.05, 3.63) is 94.6 Å². The van der Waals surface area contributed by atoms with Crippen molar-refractivity contribution in [3.8, 4) is 11.3 Å². The van der Waals surface area contributed by atoms with E-state index in [-0.39, 0.29) is 18.2 Å². The average Bonchev–Trinajstić information content (AvgIpc) is 2.91. The van der Waals surface area contributed by atoms with E-state index >= 15 is 0 Å². The average molecular weight is 480 g/mol. The summed E-state index contributed by atoms with van der Waals surface area (Å²) >= 11 is 0. The maximum Gasteiger partial charge on any atom is 0.261 e. The van der Waals surface area contributed by atoms with Gasteiger partial charge in [0.15, 0.2) is 0 Å². The van der Waals surface area contributed by atoms with Gasteiger partial charge in [-0.2, -0.15) is 0 Å². The molecular weight excluding hydrogens is 454 g/mol. The Labute approximate surface area is 207 Å². The molecule has 8 nitrogen and oxygen atoms in total. The zero-order valence-corrected chi connectivity index (χ0v) is 19.8. The van der Waals surface area contributed by atoms with E-state index in [9.17, 15) is 9.90 Å². The molecule has 0 unspecified atom stereocenters. The second-order valence-corrected chi connectivity index (χ2v) is 9.20. The van der Waals surface area contributed by atoms with E-state index in [0.717, 1.165) is 39.0 Å². The summed E-state index contributed by atoms with van der Waals surface area (Å²) in [5, 5.41) is 11.8. The molecule has 5 aromatic rings. The lowest BCUT2D eigenvalue weighted by atomic mass is 9.99. The minimum absolute atomic E-state index is 0.168. The largest absolute Gasteiger partial charge is 0.389 e. The van der Waals surface area contributed by atoms with Crippen LogP contribution in [0.1, 0.15) is 29.3 Å². The van der Waals surface area contributed by atoms with Crippen LogP contribution < -0.4 is 5.56 Å². The molecule has 1 aliphatic rings. The summed E-state index contributed by atoms with van der Waals surface area (Å²) in [5.74, 6) is 0. The molecule has 1 aromatic carbocycles. The molecule has 180 valence electrons. The smallest absolute Gasteiger partial charge is 0.261 e. The third-order valence-corrected chi connectivity index (χ3v) is 6.79. The first-order valence-corrected chi connectivity index (χ1v) is 12.0. The molecule has 1 N–H and O–H groups in total. The Morgan fingerprint density at radius 1 is 1.03 bits per heavy atom. The van der Waals surface area contributed by atoms with Crippen LogP contribution in [0.2, 0.25) is 0 Å². The van der Waals surface area contributed by atoms with E-state index in [4.69, 9.17) is 4.74 Å². The SMILES string of the molecule is Cc1ccc(-c2ccc(Cc3cc4c(=O)n([C@H]5CCOC[C@@H]5O)cnc4c4cccnc34)cn2)cn1. The van der Waals surface area contributed by atoms with E-state index in [0.29, 0.717) is 30.4 Å². The van der Waals surface area contributed by atoms with Gasteiger partial charge in [0.05, 0.1) is 47.2 Å². The molecule has 1 fully saturated rings. The van der Waals surface area contributed by atoms with Gasteiger partial charge < -0.3 is 9.84 Å². The quantitative estimate of drug-likeness (QED) is 0.393. The van der Waals surface area contributed by atoms with Gasteiger partial charge in [-0.05, 0) is 60.9 Å². The minimum Gasteiger partial charge on any atom is -0.389 e. The van der Waals surface area contributed by atoms with Crippen LogP contribution in [0.15, 0.2) is 72.2 Å². The van der Waals surface area contributed by atoms with Crippen molar-refractivity contribution in [3.63, 3.8) is 0 Å². The van der Waals surface area contributed by atoms with E-state index in [1.54, 1.807) is 17.1 Å². The first kappa shape index (κ1) is 22.5. The van der Waals surface area contributed by atoms with Crippen LogP contribution in [0.25, 0.3) is 33.1 Å². The molecule has 0 amide bonds. The number of nitrogens with zero attached hydrogens (tertiary/aromatic N) is 5. The van der Waals surface area contributed by atoms with Crippen molar-refractivity contribution in [1.82, 2.24) is 24.5 Å².